The number of halogens is 1. The lowest BCUT2D eigenvalue weighted by Gasteiger charge is -2.22. The van der Waals surface area contributed by atoms with Gasteiger partial charge in [0.05, 0.1) is 5.02 Å². The molecule has 1 rings (SSSR count). The molecule has 0 aliphatic carbocycles. The molecule has 0 radical (unpaired) electrons. The maximum Gasteiger partial charge on any atom is 0.407 e. The topological polar surface area (TPSA) is 77.2 Å². The highest BCUT2D eigenvalue weighted by atomic mass is 35.5. The van der Waals surface area contributed by atoms with E-state index in [4.69, 9.17) is 22.1 Å². The molecule has 0 aromatic carbocycles. The Balaban J connectivity index is 2.54. The van der Waals surface area contributed by atoms with Gasteiger partial charge in [-0.2, -0.15) is 0 Å². The monoisotopic (exact) mass is 285 g/mol. The van der Waals surface area contributed by atoms with Gasteiger partial charge in [-0.25, -0.2) is 4.79 Å². The molecule has 1 unspecified atom stereocenters. The smallest absolute Gasteiger partial charge is 0.407 e. The van der Waals surface area contributed by atoms with Gasteiger partial charge in [-0.05, 0) is 32.9 Å². The lowest BCUT2D eigenvalue weighted by molar-refractivity contribution is 0.0506. The van der Waals surface area contributed by atoms with Crippen LogP contribution >= 0.6 is 11.6 Å². The Morgan fingerprint density at radius 2 is 2.21 bits per heavy atom. The Kier molecular flexibility index (Phi) is 5.57. The maximum atomic E-state index is 11.6. The van der Waals surface area contributed by atoms with E-state index in [-0.39, 0.29) is 6.04 Å². The molecule has 5 nitrogen and oxygen atoms in total. The number of aromatic nitrogens is 1. The van der Waals surface area contributed by atoms with E-state index in [1.54, 1.807) is 12.3 Å². The van der Waals surface area contributed by atoms with Crippen molar-refractivity contribution in [2.45, 2.75) is 38.8 Å². The Bertz CT molecular complexity index is 415. The van der Waals surface area contributed by atoms with Gasteiger partial charge in [0.1, 0.15) is 5.60 Å². The lowest BCUT2D eigenvalue weighted by Crippen LogP contribution is -2.44. The van der Waals surface area contributed by atoms with Crippen LogP contribution in [0.5, 0.6) is 0 Å². The first kappa shape index (κ1) is 15.7. The molecule has 1 aromatic heterocycles. The summed E-state index contributed by atoms with van der Waals surface area (Å²) in [6.07, 6.45) is 1.63. The summed E-state index contributed by atoms with van der Waals surface area (Å²) in [5, 5.41) is 3.30. The first-order valence-corrected chi connectivity index (χ1v) is 6.48. The molecule has 0 fully saturated rings. The molecule has 0 aliphatic heterocycles. The predicted molar refractivity (Wildman–Crippen MR) is 75.2 cm³/mol. The Morgan fingerprint density at radius 1 is 1.53 bits per heavy atom. The molecular weight excluding hydrogens is 266 g/mol. The summed E-state index contributed by atoms with van der Waals surface area (Å²) in [4.78, 5) is 15.8. The van der Waals surface area contributed by atoms with Gasteiger partial charge in [0.15, 0.2) is 0 Å². The largest absolute Gasteiger partial charge is 0.444 e. The Labute approximate surface area is 118 Å². The van der Waals surface area contributed by atoms with Crippen LogP contribution in [0.15, 0.2) is 18.3 Å². The fourth-order valence-electron chi connectivity index (χ4n) is 1.45. The molecule has 6 heteroatoms. The summed E-state index contributed by atoms with van der Waals surface area (Å²) in [5.74, 6) is 0. The summed E-state index contributed by atoms with van der Waals surface area (Å²) >= 11 is 5.76. The quantitative estimate of drug-likeness (QED) is 0.888. The van der Waals surface area contributed by atoms with E-state index in [1.165, 1.54) is 0 Å². The highest BCUT2D eigenvalue weighted by molar-refractivity contribution is 6.30. The fourth-order valence-corrected chi connectivity index (χ4v) is 1.56. The van der Waals surface area contributed by atoms with Crippen LogP contribution < -0.4 is 11.1 Å². The van der Waals surface area contributed by atoms with Gasteiger partial charge in [0, 0.05) is 30.9 Å². The molecular formula is C13H20ClN3O2. The van der Waals surface area contributed by atoms with Gasteiger partial charge in [-0.15, -0.1) is 0 Å². The van der Waals surface area contributed by atoms with Gasteiger partial charge in [-0.1, -0.05) is 11.6 Å². The van der Waals surface area contributed by atoms with Crippen LogP contribution in [0.1, 0.15) is 26.5 Å². The molecule has 3 N–H and O–H groups in total. The summed E-state index contributed by atoms with van der Waals surface area (Å²) in [6.45, 7) is 5.74. The third-order valence-electron chi connectivity index (χ3n) is 2.25. The minimum absolute atomic E-state index is 0.219. The summed E-state index contributed by atoms with van der Waals surface area (Å²) in [6, 6.07) is 3.34. The third-order valence-corrected chi connectivity index (χ3v) is 2.47. The number of alkyl carbamates (subject to hydrolysis) is 1. The molecule has 0 aliphatic rings. The van der Waals surface area contributed by atoms with Crippen LogP contribution in [0.3, 0.4) is 0 Å². The number of amides is 1. The maximum absolute atomic E-state index is 11.6. The van der Waals surface area contributed by atoms with Crippen molar-refractivity contribution in [2.24, 2.45) is 5.73 Å². The van der Waals surface area contributed by atoms with E-state index in [0.29, 0.717) is 18.0 Å². The number of nitrogens with two attached hydrogens (primary N) is 1. The van der Waals surface area contributed by atoms with Crippen molar-refractivity contribution in [2.75, 3.05) is 6.54 Å². The standard InChI is InChI=1S/C13H20ClN3O2/c1-13(2,3)19-12(18)17-11(7-15)6-10-5-4-9(14)8-16-10/h4-5,8,11H,6-7,15H2,1-3H3,(H,17,18). The second-order valence-electron chi connectivity index (χ2n) is 5.25. The zero-order valence-electron chi connectivity index (χ0n) is 11.4. The van der Waals surface area contributed by atoms with Crippen molar-refractivity contribution in [3.8, 4) is 0 Å². The number of nitrogens with zero attached hydrogens (tertiary/aromatic N) is 1. The van der Waals surface area contributed by atoms with Gasteiger partial charge >= 0.3 is 6.09 Å². The Hall–Kier alpha value is -1.33. The lowest BCUT2D eigenvalue weighted by atomic mass is 10.1. The third kappa shape index (κ3) is 6.40. The number of hydrogen-bond acceptors (Lipinski definition) is 4. The number of ether oxygens (including phenoxy) is 1. The molecule has 0 bridgehead atoms. The molecule has 19 heavy (non-hydrogen) atoms. The molecule has 0 saturated heterocycles. The SMILES string of the molecule is CC(C)(C)OC(=O)NC(CN)Cc1ccc(Cl)cn1. The highest BCUT2D eigenvalue weighted by Gasteiger charge is 2.19. The van der Waals surface area contributed by atoms with Crippen LogP contribution in [-0.4, -0.2) is 29.3 Å². The van der Waals surface area contributed by atoms with Gasteiger partial charge in [-0.3, -0.25) is 4.98 Å². The zero-order valence-corrected chi connectivity index (χ0v) is 12.2. The highest BCUT2D eigenvalue weighted by Crippen LogP contribution is 2.09. The van der Waals surface area contributed by atoms with Crippen molar-refractivity contribution in [3.05, 3.63) is 29.0 Å². The summed E-state index contributed by atoms with van der Waals surface area (Å²) in [7, 11) is 0. The second-order valence-corrected chi connectivity index (χ2v) is 5.69. The van der Waals surface area contributed by atoms with Gasteiger partial charge in [0.25, 0.3) is 0 Å². The van der Waals surface area contributed by atoms with Gasteiger partial charge < -0.3 is 15.8 Å². The number of carbonyl (C=O) groups excluding carboxylic acids is 1. The molecule has 106 valence electrons. The molecule has 0 spiro atoms. The van der Waals surface area contributed by atoms with Crippen LogP contribution in [0.25, 0.3) is 0 Å². The van der Waals surface area contributed by atoms with Crippen LogP contribution in [-0.2, 0) is 11.2 Å². The molecule has 1 aromatic rings. The first-order chi connectivity index (χ1) is 8.80. The Morgan fingerprint density at radius 3 is 2.68 bits per heavy atom. The number of pyridine rings is 1. The van der Waals surface area contributed by atoms with E-state index in [1.807, 2.05) is 26.8 Å². The van der Waals surface area contributed by atoms with Crippen molar-refractivity contribution in [1.82, 2.24) is 10.3 Å². The van der Waals surface area contributed by atoms with Crippen LogP contribution in [0.2, 0.25) is 5.02 Å². The van der Waals surface area contributed by atoms with Crippen LogP contribution in [0, 0.1) is 0 Å². The number of carbonyl (C=O) groups is 1. The number of hydrogen-bond donors (Lipinski definition) is 2. The average Bonchev–Trinajstić information content (AvgIpc) is 2.28. The normalized spacial score (nSPS) is 12.9. The minimum atomic E-state index is -0.526. The van der Waals surface area contributed by atoms with E-state index in [2.05, 4.69) is 10.3 Å². The van der Waals surface area contributed by atoms with E-state index >= 15 is 0 Å². The molecule has 1 atom stereocenters. The predicted octanol–water partition coefficient (Wildman–Crippen LogP) is 2.13. The van der Waals surface area contributed by atoms with Crippen molar-refractivity contribution in [3.63, 3.8) is 0 Å². The average molecular weight is 286 g/mol. The zero-order chi connectivity index (χ0) is 14.5. The summed E-state index contributed by atoms with van der Waals surface area (Å²) < 4.78 is 5.18. The van der Waals surface area contributed by atoms with E-state index < -0.39 is 11.7 Å². The fraction of sp³-hybridized carbons (Fsp3) is 0.538. The molecule has 1 heterocycles. The van der Waals surface area contributed by atoms with Crippen molar-refractivity contribution >= 4 is 17.7 Å². The van der Waals surface area contributed by atoms with Crippen molar-refractivity contribution in [1.29, 1.82) is 0 Å². The number of rotatable bonds is 4. The first-order valence-electron chi connectivity index (χ1n) is 6.10. The minimum Gasteiger partial charge on any atom is -0.444 e. The van der Waals surface area contributed by atoms with Crippen LogP contribution in [0.4, 0.5) is 4.79 Å². The summed E-state index contributed by atoms with van der Waals surface area (Å²) in [5.41, 5.74) is 5.93. The van der Waals surface area contributed by atoms with Gasteiger partial charge in [0.2, 0.25) is 0 Å². The van der Waals surface area contributed by atoms with E-state index in [9.17, 15) is 4.79 Å². The second kappa shape index (κ2) is 6.73. The van der Waals surface area contributed by atoms with Crippen molar-refractivity contribution < 1.29 is 9.53 Å². The molecule has 0 saturated carbocycles. The molecule has 1 amide bonds. The van der Waals surface area contributed by atoms with E-state index in [0.717, 1.165) is 5.69 Å². The number of nitrogens with one attached hydrogen (secondary N) is 1.